The maximum Gasteiger partial charge on any atom is 0.305 e. The highest BCUT2D eigenvalue weighted by molar-refractivity contribution is 5.93. The number of carbonyl (C=O) groups is 2. The Balaban J connectivity index is 1.87. The van der Waals surface area contributed by atoms with E-state index in [2.05, 4.69) is 16.1 Å². The number of ether oxygens (including phenoxy) is 1. The van der Waals surface area contributed by atoms with Crippen LogP contribution in [0.2, 0.25) is 0 Å². The van der Waals surface area contributed by atoms with E-state index in [0.29, 0.717) is 12.8 Å². The monoisotopic (exact) mass is 290 g/mol. The number of rotatable bonds is 6. The number of aryl methyl sites for hydroxylation is 1. The van der Waals surface area contributed by atoms with Crippen LogP contribution in [0.4, 0.5) is 5.69 Å². The number of anilines is 1. The minimum atomic E-state index is -0.173. The summed E-state index contributed by atoms with van der Waals surface area (Å²) in [6.07, 6.45) is 4.27. The van der Waals surface area contributed by atoms with Crippen LogP contribution in [-0.2, 0) is 20.7 Å². The van der Waals surface area contributed by atoms with Gasteiger partial charge in [0, 0.05) is 24.6 Å². The van der Waals surface area contributed by atoms with E-state index in [0.717, 1.165) is 42.5 Å². The van der Waals surface area contributed by atoms with Gasteiger partial charge in [-0.25, -0.2) is 0 Å². The molecule has 5 nitrogen and oxygen atoms in total. The topological polar surface area (TPSA) is 81.4 Å². The smallest absolute Gasteiger partial charge is 0.305 e. The van der Waals surface area contributed by atoms with E-state index >= 15 is 0 Å². The van der Waals surface area contributed by atoms with E-state index in [-0.39, 0.29) is 17.9 Å². The molecule has 1 aliphatic heterocycles. The molecule has 0 spiro atoms. The SMILES string of the molecule is COC(=O)CCCCC(N)c1ccc2c(c1)CCC(=O)N2. The van der Waals surface area contributed by atoms with Crippen molar-refractivity contribution >= 4 is 17.6 Å². The Morgan fingerprint density at radius 3 is 2.95 bits per heavy atom. The van der Waals surface area contributed by atoms with Crippen LogP contribution < -0.4 is 11.1 Å². The number of carbonyl (C=O) groups excluding carboxylic acids is 2. The fourth-order valence-electron chi connectivity index (χ4n) is 2.54. The number of esters is 1. The van der Waals surface area contributed by atoms with Gasteiger partial charge in [0.05, 0.1) is 7.11 Å². The van der Waals surface area contributed by atoms with Crippen LogP contribution >= 0.6 is 0 Å². The van der Waals surface area contributed by atoms with Crippen molar-refractivity contribution in [1.82, 2.24) is 0 Å². The Hall–Kier alpha value is -1.88. The molecule has 1 unspecified atom stereocenters. The van der Waals surface area contributed by atoms with Crippen molar-refractivity contribution in [2.75, 3.05) is 12.4 Å². The van der Waals surface area contributed by atoms with Gasteiger partial charge in [-0.05, 0) is 36.5 Å². The molecule has 3 N–H and O–H groups in total. The van der Waals surface area contributed by atoms with E-state index in [4.69, 9.17) is 5.73 Å². The van der Waals surface area contributed by atoms with Crippen molar-refractivity contribution in [2.24, 2.45) is 5.73 Å². The number of fused-ring (bicyclic) bond motifs is 1. The average Bonchev–Trinajstić information content (AvgIpc) is 2.50. The lowest BCUT2D eigenvalue weighted by molar-refractivity contribution is -0.140. The number of nitrogens with one attached hydrogen (secondary N) is 1. The van der Waals surface area contributed by atoms with Gasteiger partial charge in [-0.15, -0.1) is 0 Å². The summed E-state index contributed by atoms with van der Waals surface area (Å²) in [5.41, 5.74) is 9.33. The second-order valence-corrected chi connectivity index (χ2v) is 5.39. The first-order chi connectivity index (χ1) is 10.1. The molecule has 1 heterocycles. The van der Waals surface area contributed by atoms with Crippen LogP contribution in [0.3, 0.4) is 0 Å². The van der Waals surface area contributed by atoms with Crippen LogP contribution in [0.25, 0.3) is 0 Å². The Bertz CT molecular complexity index is 528. The maximum atomic E-state index is 11.3. The zero-order valence-corrected chi connectivity index (χ0v) is 12.4. The Labute approximate surface area is 124 Å². The highest BCUT2D eigenvalue weighted by Crippen LogP contribution is 2.27. The van der Waals surface area contributed by atoms with E-state index < -0.39 is 0 Å². The normalized spacial score (nSPS) is 15.0. The molecule has 0 aromatic heterocycles. The van der Waals surface area contributed by atoms with Crippen LogP contribution in [0.5, 0.6) is 0 Å². The van der Waals surface area contributed by atoms with Gasteiger partial charge in [-0.3, -0.25) is 9.59 Å². The lowest BCUT2D eigenvalue weighted by Crippen LogP contribution is -2.19. The van der Waals surface area contributed by atoms with E-state index in [1.54, 1.807) is 0 Å². The third-order valence-electron chi connectivity index (χ3n) is 3.83. The lowest BCUT2D eigenvalue weighted by atomic mass is 9.95. The maximum absolute atomic E-state index is 11.3. The van der Waals surface area contributed by atoms with Gasteiger partial charge in [0.1, 0.15) is 0 Å². The number of unbranched alkanes of at least 4 members (excludes halogenated alkanes) is 1. The highest BCUT2D eigenvalue weighted by atomic mass is 16.5. The van der Waals surface area contributed by atoms with Crippen molar-refractivity contribution in [3.8, 4) is 0 Å². The molecule has 1 atom stereocenters. The van der Waals surface area contributed by atoms with Gasteiger partial charge < -0.3 is 15.8 Å². The van der Waals surface area contributed by atoms with Crippen LogP contribution in [0, 0.1) is 0 Å². The van der Waals surface area contributed by atoms with E-state index in [1.807, 2.05) is 12.1 Å². The highest BCUT2D eigenvalue weighted by Gasteiger charge is 2.16. The first kappa shape index (κ1) is 15.5. The fraction of sp³-hybridized carbons (Fsp3) is 0.500. The number of nitrogens with two attached hydrogens (primary N) is 1. The molecule has 0 radical (unpaired) electrons. The predicted octanol–water partition coefficient (Wildman–Crippen LogP) is 2.30. The van der Waals surface area contributed by atoms with Crippen molar-refractivity contribution < 1.29 is 14.3 Å². The van der Waals surface area contributed by atoms with Gasteiger partial charge in [-0.2, -0.15) is 0 Å². The third-order valence-corrected chi connectivity index (χ3v) is 3.83. The fourth-order valence-corrected chi connectivity index (χ4v) is 2.54. The number of methoxy groups -OCH3 is 1. The van der Waals surface area contributed by atoms with Crippen molar-refractivity contribution in [3.05, 3.63) is 29.3 Å². The summed E-state index contributed by atoms with van der Waals surface area (Å²) in [5.74, 6) is -0.101. The standard InChI is InChI=1S/C16H22N2O3/c1-21-16(20)5-3-2-4-13(17)11-6-8-14-12(10-11)7-9-15(19)18-14/h6,8,10,13H,2-5,7,9,17H2,1H3,(H,18,19). The second-order valence-electron chi connectivity index (χ2n) is 5.39. The van der Waals surface area contributed by atoms with Gasteiger partial charge in [-0.1, -0.05) is 18.6 Å². The molecule has 0 fully saturated rings. The van der Waals surface area contributed by atoms with Crippen molar-refractivity contribution in [3.63, 3.8) is 0 Å². The number of amides is 1. The van der Waals surface area contributed by atoms with Crippen LogP contribution in [0.1, 0.15) is 49.3 Å². The molecule has 5 heteroatoms. The zero-order chi connectivity index (χ0) is 15.2. The Kier molecular flexibility index (Phi) is 5.33. The van der Waals surface area contributed by atoms with Crippen molar-refractivity contribution in [1.29, 1.82) is 0 Å². The Morgan fingerprint density at radius 2 is 2.19 bits per heavy atom. The van der Waals surface area contributed by atoms with E-state index in [9.17, 15) is 9.59 Å². The first-order valence-electron chi connectivity index (χ1n) is 7.35. The Morgan fingerprint density at radius 1 is 1.38 bits per heavy atom. The molecule has 1 amide bonds. The first-order valence-corrected chi connectivity index (χ1v) is 7.35. The minimum Gasteiger partial charge on any atom is -0.469 e. The van der Waals surface area contributed by atoms with Crippen LogP contribution in [-0.4, -0.2) is 19.0 Å². The third kappa shape index (κ3) is 4.29. The molecule has 1 aromatic carbocycles. The molecule has 0 saturated heterocycles. The molecule has 2 rings (SSSR count). The zero-order valence-electron chi connectivity index (χ0n) is 12.4. The molecule has 0 saturated carbocycles. The summed E-state index contributed by atoms with van der Waals surface area (Å²) in [6, 6.07) is 5.94. The predicted molar refractivity (Wildman–Crippen MR) is 80.8 cm³/mol. The van der Waals surface area contributed by atoms with Gasteiger partial charge in [0.25, 0.3) is 0 Å². The molecule has 21 heavy (non-hydrogen) atoms. The molecule has 1 aromatic rings. The lowest BCUT2D eigenvalue weighted by Gasteiger charge is -2.19. The summed E-state index contributed by atoms with van der Waals surface area (Å²) >= 11 is 0. The number of hydrogen-bond acceptors (Lipinski definition) is 4. The van der Waals surface area contributed by atoms with Crippen LogP contribution in [0.15, 0.2) is 18.2 Å². The quantitative estimate of drug-likeness (QED) is 0.622. The molecule has 1 aliphatic rings. The second kappa shape index (κ2) is 7.22. The summed E-state index contributed by atoms with van der Waals surface area (Å²) in [5, 5.41) is 2.87. The minimum absolute atomic E-state index is 0.0365. The van der Waals surface area contributed by atoms with E-state index in [1.165, 1.54) is 7.11 Å². The summed E-state index contributed by atoms with van der Waals surface area (Å²) in [6.45, 7) is 0. The molecular weight excluding hydrogens is 268 g/mol. The average molecular weight is 290 g/mol. The number of benzene rings is 1. The summed E-state index contributed by atoms with van der Waals surface area (Å²) in [4.78, 5) is 22.4. The number of hydrogen-bond donors (Lipinski definition) is 2. The molecule has 0 aliphatic carbocycles. The van der Waals surface area contributed by atoms with Crippen molar-refractivity contribution in [2.45, 2.75) is 44.6 Å². The van der Waals surface area contributed by atoms with Gasteiger partial charge >= 0.3 is 5.97 Å². The molecular formula is C16H22N2O3. The summed E-state index contributed by atoms with van der Waals surface area (Å²) < 4.78 is 4.61. The molecule has 0 bridgehead atoms. The molecule has 114 valence electrons. The summed E-state index contributed by atoms with van der Waals surface area (Å²) in [7, 11) is 1.40. The largest absolute Gasteiger partial charge is 0.469 e. The van der Waals surface area contributed by atoms with Gasteiger partial charge in [0.2, 0.25) is 5.91 Å². The van der Waals surface area contributed by atoms with Gasteiger partial charge in [0.15, 0.2) is 0 Å².